The number of hydrogen-bond donors (Lipinski definition) is 0. The maximum absolute atomic E-state index is 10.8. The Hall–Kier alpha value is 0.150. The van der Waals surface area contributed by atoms with Crippen molar-refractivity contribution in [1.82, 2.24) is 0 Å². The third-order valence-electron chi connectivity index (χ3n) is 1.63. The second-order valence-corrected chi connectivity index (χ2v) is 4.22. The quantitative estimate of drug-likeness (QED) is 0.516. The predicted octanol–water partition coefficient (Wildman–Crippen LogP) is 1.89. The van der Waals surface area contributed by atoms with Gasteiger partial charge in [-0.2, -0.15) is 0 Å². The summed E-state index contributed by atoms with van der Waals surface area (Å²) in [5, 5.41) is 0. The Morgan fingerprint density at radius 2 is 2.38 bits per heavy atom. The van der Waals surface area contributed by atoms with Gasteiger partial charge in [-0.15, -0.1) is 0 Å². The molecule has 0 bridgehead atoms. The molecule has 0 aromatic heterocycles. The van der Waals surface area contributed by atoms with E-state index in [1.807, 2.05) is 6.92 Å². The van der Waals surface area contributed by atoms with Gasteiger partial charge in [-0.3, -0.25) is 4.79 Å². The van der Waals surface area contributed by atoms with E-state index in [2.05, 4.69) is 15.9 Å². The molecular formula is C6H9BrO. The number of halogens is 1. The first kappa shape index (κ1) is 6.27. The van der Waals surface area contributed by atoms with Gasteiger partial charge in [-0.05, 0) is 19.8 Å². The third-order valence-corrected chi connectivity index (χ3v) is 2.47. The molecule has 46 valence electrons. The summed E-state index contributed by atoms with van der Waals surface area (Å²) >= 11 is 3.36. The Balaban J connectivity index is 2.68. The van der Waals surface area contributed by atoms with Crippen LogP contribution in [-0.2, 0) is 4.79 Å². The number of Topliss-reactive ketones (excluding diaryl/α,β-unsaturated/α-hetero) is 1. The van der Waals surface area contributed by atoms with E-state index in [4.69, 9.17) is 0 Å². The first-order valence-electron chi connectivity index (χ1n) is 2.85. The molecule has 1 saturated carbocycles. The van der Waals surface area contributed by atoms with Crippen LogP contribution in [0.3, 0.4) is 0 Å². The van der Waals surface area contributed by atoms with Crippen LogP contribution in [0.15, 0.2) is 0 Å². The van der Waals surface area contributed by atoms with E-state index in [1.165, 1.54) is 0 Å². The molecule has 1 fully saturated rings. The molecule has 1 aliphatic carbocycles. The van der Waals surface area contributed by atoms with Crippen LogP contribution in [-0.4, -0.2) is 10.1 Å². The van der Waals surface area contributed by atoms with Crippen molar-refractivity contribution >= 4 is 21.7 Å². The number of ketones is 1. The maximum atomic E-state index is 10.8. The molecule has 0 aromatic carbocycles. The Kier molecular flexibility index (Phi) is 1.44. The Bertz CT molecular complexity index is 118. The smallest absolute Gasteiger partial charge is 0.149 e. The van der Waals surface area contributed by atoms with Gasteiger partial charge in [0.1, 0.15) is 5.78 Å². The topological polar surface area (TPSA) is 17.1 Å². The van der Waals surface area contributed by atoms with Crippen LogP contribution in [0.5, 0.6) is 0 Å². The van der Waals surface area contributed by atoms with Crippen LogP contribution < -0.4 is 0 Å². The van der Waals surface area contributed by atoms with Gasteiger partial charge >= 0.3 is 0 Å². The normalized spacial score (nSPS) is 38.5. The second-order valence-electron chi connectivity index (χ2n) is 2.47. The molecule has 1 aliphatic rings. The van der Waals surface area contributed by atoms with Crippen LogP contribution in [0, 0.1) is 0 Å². The summed E-state index contributed by atoms with van der Waals surface area (Å²) in [4.78, 5) is 10.8. The lowest BCUT2D eigenvalue weighted by atomic mass is 10.1. The van der Waals surface area contributed by atoms with Crippen molar-refractivity contribution in [2.75, 3.05) is 0 Å². The average molecular weight is 177 g/mol. The van der Waals surface area contributed by atoms with E-state index in [0.29, 0.717) is 5.78 Å². The van der Waals surface area contributed by atoms with Crippen molar-refractivity contribution < 1.29 is 4.79 Å². The molecule has 0 aliphatic heterocycles. The molecule has 0 radical (unpaired) electrons. The molecule has 0 N–H and O–H groups in total. The van der Waals surface area contributed by atoms with Gasteiger partial charge in [0.15, 0.2) is 0 Å². The highest BCUT2D eigenvalue weighted by molar-refractivity contribution is 9.10. The fourth-order valence-corrected chi connectivity index (χ4v) is 1.46. The summed E-state index contributed by atoms with van der Waals surface area (Å²) in [5.41, 5.74) is 0. The van der Waals surface area contributed by atoms with Crippen molar-refractivity contribution in [2.24, 2.45) is 0 Å². The number of alkyl halides is 1. The molecule has 2 heteroatoms. The van der Waals surface area contributed by atoms with E-state index in [-0.39, 0.29) is 4.32 Å². The van der Waals surface area contributed by atoms with Gasteiger partial charge in [-0.25, -0.2) is 0 Å². The summed E-state index contributed by atoms with van der Waals surface area (Å²) in [7, 11) is 0. The Labute approximate surface area is 57.6 Å². The minimum atomic E-state index is -0.174. The van der Waals surface area contributed by atoms with E-state index in [0.717, 1.165) is 19.3 Å². The number of carbonyl (C=O) groups excluding carboxylic acids is 1. The van der Waals surface area contributed by atoms with E-state index < -0.39 is 0 Å². The van der Waals surface area contributed by atoms with Crippen molar-refractivity contribution in [1.29, 1.82) is 0 Å². The fourth-order valence-electron chi connectivity index (χ4n) is 0.981. The van der Waals surface area contributed by atoms with Gasteiger partial charge in [0.2, 0.25) is 0 Å². The fraction of sp³-hybridized carbons (Fsp3) is 0.833. The highest BCUT2D eigenvalue weighted by Gasteiger charge is 2.33. The molecule has 0 spiro atoms. The van der Waals surface area contributed by atoms with Crippen molar-refractivity contribution in [3.8, 4) is 0 Å². The summed E-state index contributed by atoms with van der Waals surface area (Å²) in [6.07, 6.45) is 2.83. The molecule has 8 heavy (non-hydrogen) atoms. The SMILES string of the molecule is CC1(Br)CCCC1=O. The summed E-state index contributed by atoms with van der Waals surface area (Å²) in [6.45, 7) is 1.95. The van der Waals surface area contributed by atoms with Gasteiger partial charge < -0.3 is 0 Å². The molecular weight excluding hydrogens is 168 g/mol. The van der Waals surface area contributed by atoms with Crippen molar-refractivity contribution in [3.63, 3.8) is 0 Å². The first-order chi connectivity index (χ1) is 3.63. The van der Waals surface area contributed by atoms with Crippen LogP contribution >= 0.6 is 15.9 Å². The lowest BCUT2D eigenvalue weighted by molar-refractivity contribution is -0.118. The van der Waals surface area contributed by atoms with Gasteiger partial charge in [0.25, 0.3) is 0 Å². The van der Waals surface area contributed by atoms with Crippen LogP contribution in [0.4, 0.5) is 0 Å². The van der Waals surface area contributed by atoms with Crippen LogP contribution in [0.1, 0.15) is 26.2 Å². The zero-order valence-electron chi connectivity index (χ0n) is 4.91. The molecule has 0 saturated heterocycles. The summed E-state index contributed by atoms with van der Waals surface area (Å²) < 4.78 is -0.174. The summed E-state index contributed by atoms with van der Waals surface area (Å²) in [5.74, 6) is 0.359. The second kappa shape index (κ2) is 1.83. The molecule has 1 nitrogen and oxygen atoms in total. The molecule has 1 unspecified atom stereocenters. The molecule has 0 aromatic rings. The highest BCUT2D eigenvalue weighted by Crippen LogP contribution is 2.33. The lowest BCUT2D eigenvalue weighted by Crippen LogP contribution is -2.20. The predicted molar refractivity (Wildman–Crippen MR) is 36.2 cm³/mol. The Morgan fingerprint density at radius 3 is 2.50 bits per heavy atom. The number of carbonyl (C=O) groups is 1. The standard InChI is InChI=1S/C6H9BrO/c1-6(7)4-2-3-5(6)8/h2-4H2,1H3. The maximum Gasteiger partial charge on any atom is 0.149 e. The molecule has 0 heterocycles. The van der Waals surface area contributed by atoms with Gasteiger partial charge in [0.05, 0.1) is 4.32 Å². The van der Waals surface area contributed by atoms with E-state index in [9.17, 15) is 4.79 Å². The first-order valence-corrected chi connectivity index (χ1v) is 3.64. The van der Waals surface area contributed by atoms with Crippen molar-refractivity contribution in [2.45, 2.75) is 30.5 Å². The molecule has 1 atom stereocenters. The van der Waals surface area contributed by atoms with Gasteiger partial charge in [0, 0.05) is 6.42 Å². The zero-order valence-corrected chi connectivity index (χ0v) is 6.49. The third kappa shape index (κ3) is 0.943. The lowest BCUT2D eigenvalue weighted by Gasteiger charge is -2.09. The van der Waals surface area contributed by atoms with E-state index in [1.54, 1.807) is 0 Å². The average Bonchev–Trinajstić information content (AvgIpc) is 1.86. The minimum absolute atomic E-state index is 0.174. The summed E-state index contributed by atoms with van der Waals surface area (Å²) in [6, 6.07) is 0. The largest absolute Gasteiger partial charge is 0.298 e. The minimum Gasteiger partial charge on any atom is -0.298 e. The zero-order chi connectivity index (χ0) is 6.20. The highest BCUT2D eigenvalue weighted by atomic mass is 79.9. The van der Waals surface area contributed by atoms with Gasteiger partial charge in [-0.1, -0.05) is 15.9 Å². The number of rotatable bonds is 0. The van der Waals surface area contributed by atoms with Crippen LogP contribution in [0.25, 0.3) is 0 Å². The monoisotopic (exact) mass is 176 g/mol. The molecule has 1 rings (SSSR count). The Morgan fingerprint density at radius 1 is 1.75 bits per heavy atom. The van der Waals surface area contributed by atoms with Crippen molar-refractivity contribution in [3.05, 3.63) is 0 Å². The van der Waals surface area contributed by atoms with E-state index >= 15 is 0 Å². The van der Waals surface area contributed by atoms with Crippen LogP contribution in [0.2, 0.25) is 0 Å². The molecule has 0 amide bonds. The number of hydrogen-bond acceptors (Lipinski definition) is 1.